The molecule has 0 saturated heterocycles. The molecule has 0 spiro atoms. The lowest BCUT2D eigenvalue weighted by Crippen LogP contribution is -2.46. The number of nitrogens with zero attached hydrogens (tertiary/aromatic N) is 1. The molecule has 1 atom stereocenters. The third-order valence-corrected chi connectivity index (χ3v) is 3.15. The minimum atomic E-state index is -0.706. The molecular formula is C15H21NO4. The van der Waals surface area contributed by atoms with E-state index in [4.69, 9.17) is 9.47 Å². The van der Waals surface area contributed by atoms with Gasteiger partial charge in [-0.3, -0.25) is 9.69 Å². The maximum Gasteiger partial charge on any atom is 0.328 e. The van der Waals surface area contributed by atoms with Crippen LogP contribution >= 0.6 is 0 Å². The number of aryl methyl sites for hydroxylation is 2. The van der Waals surface area contributed by atoms with E-state index in [2.05, 4.69) is 0 Å². The summed E-state index contributed by atoms with van der Waals surface area (Å²) in [6, 6.07) is 5.01. The molecule has 5 heteroatoms. The Hall–Kier alpha value is -1.88. The van der Waals surface area contributed by atoms with Crippen molar-refractivity contribution in [2.24, 2.45) is 0 Å². The van der Waals surface area contributed by atoms with Crippen molar-refractivity contribution in [2.45, 2.75) is 26.8 Å². The van der Waals surface area contributed by atoms with Crippen molar-refractivity contribution in [2.75, 3.05) is 25.7 Å². The molecule has 1 amide bonds. The minimum absolute atomic E-state index is 0.0882. The lowest BCUT2D eigenvalue weighted by Gasteiger charge is -2.30. The van der Waals surface area contributed by atoms with Gasteiger partial charge < -0.3 is 9.47 Å². The summed E-state index contributed by atoms with van der Waals surface area (Å²) in [4.78, 5) is 25.5. The largest absolute Gasteiger partial charge is 0.467 e. The highest BCUT2D eigenvalue weighted by Crippen LogP contribution is 2.27. The van der Waals surface area contributed by atoms with Crippen molar-refractivity contribution in [3.8, 4) is 0 Å². The van der Waals surface area contributed by atoms with Gasteiger partial charge in [-0.2, -0.15) is 0 Å². The van der Waals surface area contributed by atoms with Crippen molar-refractivity contribution in [1.82, 2.24) is 0 Å². The summed E-state index contributed by atoms with van der Waals surface area (Å²) in [5, 5.41) is 0. The SMILES string of the molecule is COCC(=O)N(c1c(C)cccc1C)[C@@H](C)C(=O)OC. The van der Waals surface area contributed by atoms with Crippen LogP contribution in [0.1, 0.15) is 18.1 Å². The van der Waals surface area contributed by atoms with E-state index in [9.17, 15) is 9.59 Å². The highest BCUT2D eigenvalue weighted by molar-refractivity contribution is 6.01. The zero-order valence-corrected chi connectivity index (χ0v) is 12.6. The zero-order valence-electron chi connectivity index (χ0n) is 12.6. The first kappa shape index (κ1) is 16.2. The number of para-hydroxylation sites is 1. The molecule has 1 rings (SSSR count). The van der Waals surface area contributed by atoms with Crippen LogP contribution in [0.2, 0.25) is 0 Å². The predicted molar refractivity (Wildman–Crippen MR) is 76.8 cm³/mol. The molecule has 0 heterocycles. The Morgan fingerprint density at radius 1 is 1.20 bits per heavy atom. The van der Waals surface area contributed by atoms with Gasteiger partial charge in [0.1, 0.15) is 12.6 Å². The summed E-state index contributed by atoms with van der Waals surface area (Å²) in [6.45, 7) is 5.36. The molecule has 0 aromatic heterocycles. The summed E-state index contributed by atoms with van der Waals surface area (Å²) < 4.78 is 9.65. The first-order valence-corrected chi connectivity index (χ1v) is 6.39. The molecule has 0 N–H and O–H groups in total. The van der Waals surface area contributed by atoms with Crippen LogP contribution in [-0.2, 0) is 19.1 Å². The van der Waals surface area contributed by atoms with Crippen LogP contribution in [0.4, 0.5) is 5.69 Å². The van der Waals surface area contributed by atoms with Gasteiger partial charge in [0.25, 0.3) is 5.91 Å². The van der Waals surface area contributed by atoms with Crippen LogP contribution in [0.25, 0.3) is 0 Å². The third kappa shape index (κ3) is 3.36. The summed E-state index contributed by atoms with van der Waals surface area (Å²) in [6.07, 6.45) is 0. The number of amides is 1. The normalized spacial score (nSPS) is 11.8. The fourth-order valence-electron chi connectivity index (χ4n) is 2.19. The number of methoxy groups -OCH3 is 2. The maximum atomic E-state index is 12.3. The van der Waals surface area contributed by atoms with Gasteiger partial charge in [0, 0.05) is 7.11 Å². The number of rotatable bonds is 5. The number of ether oxygens (including phenoxy) is 2. The Labute approximate surface area is 119 Å². The number of carbonyl (C=O) groups excluding carboxylic acids is 2. The van der Waals surface area contributed by atoms with Gasteiger partial charge in [-0.15, -0.1) is 0 Å². The molecule has 0 unspecified atom stereocenters. The quantitative estimate of drug-likeness (QED) is 0.772. The molecule has 0 aliphatic heterocycles. The highest BCUT2D eigenvalue weighted by atomic mass is 16.5. The molecule has 5 nitrogen and oxygen atoms in total. The maximum absolute atomic E-state index is 12.3. The van der Waals surface area contributed by atoms with E-state index in [1.54, 1.807) is 6.92 Å². The molecule has 0 bridgehead atoms. The summed E-state index contributed by atoms with van der Waals surface area (Å²) >= 11 is 0. The molecule has 0 radical (unpaired) electrons. The Kier molecular flexibility index (Phi) is 5.70. The molecule has 0 fully saturated rings. The fourth-order valence-corrected chi connectivity index (χ4v) is 2.19. The third-order valence-electron chi connectivity index (χ3n) is 3.15. The smallest absolute Gasteiger partial charge is 0.328 e. The average Bonchev–Trinajstić information content (AvgIpc) is 2.41. The number of hydrogen-bond acceptors (Lipinski definition) is 4. The van der Waals surface area contributed by atoms with Crippen LogP contribution in [0.5, 0.6) is 0 Å². The second-order valence-corrected chi connectivity index (χ2v) is 4.64. The molecule has 110 valence electrons. The highest BCUT2D eigenvalue weighted by Gasteiger charge is 2.29. The van der Waals surface area contributed by atoms with Crippen LogP contribution < -0.4 is 4.90 Å². The Bertz CT molecular complexity index is 478. The van der Waals surface area contributed by atoms with Crippen LogP contribution in [0.3, 0.4) is 0 Å². The lowest BCUT2D eigenvalue weighted by molar-refractivity contribution is -0.143. The number of hydrogen-bond donors (Lipinski definition) is 0. The molecule has 1 aromatic carbocycles. The van der Waals surface area contributed by atoms with Crippen molar-refractivity contribution in [3.05, 3.63) is 29.3 Å². The first-order valence-electron chi connectivity index (χ1n) is 6.39. The van der Waals surface area contributed by atoms with Gasteiger partial charge in [-0.25, -0.2) is 4.79 Å². The van der Waals surface area contributed by atoms with Crippen molar-refractivity contribution >= 4 is 17.6 Å². The monoisotopic (exact) mass is 279 g/mol. The van der Waals surface area contributed by atoms with Gasteiger partial charge in [0.2, 0.25) is 0 Å². The van der Waals surface area contributed by atoms with Gasteiger partial charge in [0.15, 0.2) is 0 Å². The van der Waals surface area contributed by atoms with Crippen LogP contribution in [0.15, 0.2) is 18.2 Å². The second kappa shape index (κ2) is 7.05. The summed E-state index contributed by atoms with van der Waals surface area (Å²) in [5.41, 5.74) is 2.57. The number of anilines is 1. The van der Waals surface area contributed by atoms with E-state index in [-0.39, 0.29) is 12.5 Å². The van der Waals surface area contributed by atoms with Gasteiger partial charge >= 0.3 is 5.97 Å². The zero-order chi connectivity index (χ0) is 15.3. The topological polar surface area (TPSA) is 55.8 Å². The van der Waals surface area contributed by atoms with Crippen LogP contribution in [-0.4, -0.2) is 38.7 Å². The van der Waals surface area contributed by atoms with E-state index < -0.39 is 12.0 Å². The second-order valence-electron chi connectivity index (χ2n) is 4.64. The number of carbonyl (C=O) groups is 2. The first-order chi connectivity index (χ1) is 9.43. The van der Waals surface area contributed by atoms with Crippen molar-refractivity contribution in [1.29, 1.82) is 0 Å². The van der Waals surface area contributed by atoms with Gasteiger partial charge in [-0.05, 0) is 31.9 Å². The molecule has 0 saturated carbocycles. The van der Waals surface area contributed by atoms with Gasteiger partial charge in [-0.1, -0.05) is 18.2 Å². The molecular weight excluding hydrogens is 258 g/mol. The Balaban J connectivity index is 3.30. The Morgan fingerprint density at radius 2 is 1.75 bits per heavy atom. The minimum Gasteiger partial charge on any atom is -0.467 e. The van der Waals surface area contributed by atoms with E-state index in [1.807, 2.05) is 32.0 Å². The molecule has 0 aliphatic rings. The number of benzene rings is 1. The fraction of sp³-hybridized carbons (Fsp3) is 0.467. The van der Waals surface area contributed by atoms with E-state index in [0.29, 0.717) is 0 Å². The van der Waals surface area contributed by atoms with Crippen molar-refractivity contribution < 1.29 is 19.1 Å². The predicted octanol–water partition coefficient (Wildman–Crippen LogP) is 1.84. The molecule has 0 aliphatic carbocycles. The van der Waals surface area contributed by atoms with E-state index in [0.717, 1.165) is 16.8 Å². The number of esters is 1. The molecule has 1 aromatic rings. The summed E-state index contributed by atoms with van der Waals surface area (Å²) in [7, 11) is 2.76. The van der Waals surface area contributed by atoms with E-state index >= 15 is 0 Å². The lowest BCUT2D eigenvalue weighted by atomic mass is 10.1. The Morgan fingerprint density at radius 3 is 2.20 bits per heavy atom. The van der Waals surface area contributed by atoms with Gasteiger partial charge in [0.05, 0.1) is 12.8 Å². The molecule has 20 heavy (non-hydrogen) atoms. The van der Waals surface area contributed by atoms with E-state index in [1.165, 1.54) is 19.1 Å². The standard InChI is InChI=1S/C15H21NO4/c1-10-7-6-8-11(2)14(10)16(13(17)9-19-4)12(3)15(18)20-5/h6-8,12H,9H2,1-5H3/t12-/m0/s1. The van der Waals surface area contributed by atoms with Crippen molar-refractivity contribution in [3.63, 3.8) is 0 Å². The summed E-state index contributed by atoms with van der Waals surface area (Å²) in [5.74, 6) is -0.736. The van der Waals surface area contributed by atoms with Crippen LogP contribution in [0, 0.1) is 13.8 Å². The average molecular weight is 279 g/mol.